The van der Waals surface area contributed by atoms with Crippen molar-refractivity contribution in [2.75, 3.05) is 7.11 Å². The third-order valence-electron chi connectivity index (χ3n) is 3.57. The van der Waals surface area contributed by atoms with Crippen LogP contribution >= 0.6 is 11.6 Å². The minimum Gasteiger partial charge on any atom is -0.504 e. The molecule has 0 fully saturated rings. The quantitative estimate of drug-likeness (QED) is 0.861. The summed E-state index contributed by atoms with van der Waals surface area (Å²) in [7, 11) is 1.51. The van der Waals surface area contributed by atoms with Crippen LogP contribution in [0.1, 0.15) is 24.1 Å². The van der Waals surface area contributed by atoms with Gasteiger partial charge in [0.2, 0.25) is 0 Å². The Morgan fingerprint density at radius 3 is 2.75 bits per heavy atom. The smallest absolute Gasteiger partial charge is 0.161 e. The summed E-state index contributed by atoms with van der Waals surface area (Å²) in [5.74, 6) is 1.05. The molecule has 1 aliphatic rings. The molecule has 4 nitrogen and oxygen atoms in total. The van der Waals surface area contributed by atoms with Crippen LogP contribution in [0.25, 0.3) is 11.4 Å². The Bertz CT molecular complexity index is 659. The molecule has 0 saturated carbocycles. The van der Waals surface area contributed by atoms with E-state index in [2.05, 4.69) is 9.97 Å². The lowest BCUT2D eigenvalue weighted by Crippen LogP contribution is -2.08. The maximum Gasteiger partial charge on any atom is 0.161 e. The van der Waals surface area contributed by atoms with Crippen molar-refractivity contribution in [3.63, 3.8) is 0 Å². The van der Waals surface area contributed by atoms with Crippen molar-refractivity contribution in [2.45, 2.75) is 25.7 Å². The number of aromatic nitrogens is 2. The molecule has 0 radical (unpaired) electrons. The third-order valence-corrected chi connectivity index (χ3v) is 3.88. The fraction of sp³-hybridized carbons (Fsp3) is 0.333. The maximum atomic E-state index is 9.85. The van der Waals surface area contributed by atoms with Gasteiger partial charge >= 0.3 is 0 Å². The van der Waals surface area contributed by atoms with E-state index in [-0.39, 0.29) is 5.75 Å². The standard InChI is InChI=1S/C15H15ClN2O2/c1-20-13-7-6-9(8-12(13)19)15-17-11-5-3-2-4-10(11)14(16)18-15/h6-8,19H,2-5H2,1H3. The molecule has 1 heterocycles. The first-order valence-electron chi connectivity index (χ1n) is 6.61. The second-order valence-electron chi connectivity index (χ2n) is 4.86. The number of ether oxygens (including phenoxy) is 1. The van der Waals surface area contributed by atoms with Crippen LogP contribution in [0, 0.1) is 0 Å². The Balaban J connectivity index is 2.06. The molecule has 0 unspecified atom stereocenters. The number of nitrogens with zero attached hydrogens (tertiary/aromatic N) is 2. The molecule has 0 saturated heterocycles. The normalized spacial score (nSPS) is 13.9. The molecule has 3 rings (SSSR count). The van der Waals surface area contributed by atoms with Crippen LogP contribution < -0.4 is 4.74 Å². The Morgan fingerprint density at radius 2 is 2.00 bits per heavy atom. The number of hydrogen-bond acceptors (Lipinski definition) is 4. The predicted molar refractivity (Wildman–Crippen MR) is 77.3 cm³/mol. The second kappa shape index (κ2) is 5.29. The van der Waals surface area contributed by atoms with Crippen LogP contribution in [0.3, 0.4) is 0 Å². The molecule has 0 aliphatic heterocycles. The molecular weight excluding hydrogens is 276 g/mol. The van der Waals surface area contributed by atoms with Crippen LogP contribution in [0.15, 0.2) is 18.2 Å². The fourth-order valence-electron chi connectivity index (χ4n) is 2.51. The van der Waals surface area contributed by atoms with Crippen molar-refractivity contribution in [1.29, 1.82) is 0 Å². The lowest BCUT2D eigenvalue weighted by Gasteiger charge is -2.16. The zero-order valence-electron chi connectivity index (χ0n) is 11.2. The molecule has 0 spiro atoms. The van der Waals surface area contributed by atoms with Gasteiger partial charge in [0, 0.05) is 16.8 Å². The number of phenols is 1. The van der Waals surface area contributed by atoms with E-state index in [1.165, 1.54) is 7.11 Å². The van der Waals surface area contributed by atoms with E-state index in [0.717, 1.165) is 42.5 Å². The number of aryl methyl sites for hydroxylation is 1. The molecule has 20 heavy (non-hydrogen) atoms. The minimum absolute atomic E-state index is 0.0717. The highest BCUT2D eigenvalue weighted by atomic mass is 35.5. The number of phenolic OH excluding ortho intramolecular Hbond substituents is 1. The van der Waals surface area contributed by atoms with E-state index in [1.807, 2.05) is 6.07 Å². The summed E-state index contributed by atoms with van der Waals surface area (Å²) in [6.45, 7) is 0. The van der Waals surface area contributed by atoms with Crippen molar-refractivity contribution in [3.05, 3.63) is 34.6 Å². The Hall–Kier alpha value is -1.81. The van der Waals surface area contributed by atoms with Crippen molar-refractivity contribution in [1.82, 2.24) is 9.97 Å². The van der Waals surface area contributed by atoms with Gasteiger partial charge in [0.15, 0.2) is 17.3 Å². The van der Waals surface area contributed by atoms with Gasteiger partial charge in [-0.3, -0.25) is 0 Å². The van der Waals surface area contributed by atoms with E-state index in [9.17, 15) is 5.11 Å². The van der Waals surface area contributed by atoms with Gasteiger partial charge in [-0.25, -0.2) is 9.97 Å². The maximum absolute atomic E-state index is 9.85. The molecule has 2 aromatic rings. The lowest BCUT2D eigenvalue weighted by atomic mass is 9.97. The van der Waals surface area contributed by atoms with Gasteiger partial charge in [-0.05, 0) is 43.9 Å². The largest absolute Gasteiger partial charge is 0.504 e. The summed E-state index contributed by atoms with van der Waals surface area (Å²) in [5.41, 5.74) is 2.83. The summed E-state index contributed by atoms with van der Waals surface area (Å²) in [6, 6.07) is 5.11. The monoisotopic (exact) mass is 290 g/mol. The van der Waals surface area contributed by atoms with Gasteiger partial charge in [-0.1, -0.05) is 11.6 Å². The van der Waals surface area contributed by atoms with Gasteiger partial charge in [0.1, 0.15) is 5.15 Å². The van der Waals surface area contributed by atoms with Crippen LogP contribution in [0.2, 0.25) is 5.15 Å². The van der Waals surface area contributed by atoms with Crippen LogP contribution in [0.4, 0.5) is 0 Å². The summed E-state index contributed by atoms with van der Waals surface area (Å²) in [4.78, 5) is 8.95. The predicted octanol–water partition coefficient (Wildman–Crippen LogP) is 3.39. The van der Waals surface area contributed by atoms with Crippen molar-refractivity contribution in [3.8, 4) is 22.9 Å². The summed E-state index contributed by atoms with van der Waals surface area (Å²) >= 11 is 6.26. The average Bonchev–Trinajstić information content (AvgIpc) is 2.47. The lowest BCUT2D eigenvalue weighted by molar-refractivity contribution is 0.373. The molecule has 1 aliphatic carbocycles. The zero-order chi connectivity index (χ0) is 14.1. The SMILES string of the molecule is COc1ccc(-c2nc(Cl)c3c(n2)CCCC3)cc1O. The molecule has 1 aromatic carbocycles. The number of aromatic hydroxyl groups is 1. The summed E-state index contributed by atoms with van der Waals surface area (Å²) < 4.78 is 5.03. The molecule has 104 valence electrons. The van der Waals surface area contributed by atoms with Gasteiger partial charge < -0.3 is 9.84 Å². The average molecular weight is 291 g/mol. The number of fused-ring (bicyclic) bond motifs is 1. The van der Waals surface area contributed by atoms with Crippen molar-refractivity contribution < 1.29 is 9.84 Å². The van der Waals surface area contributed by atoms with E-state index in [4.69, 9.17) is 16.3 Å². The zero-order valence-corrected chi connectivity index (χ0v) is 11.9. The van der Waals surface area contributed by atoms with Crippen LogP contribution in [-0.2, 0) is 12.8 Å². The first kappa shape index (κ1) is 13.2. The van der Waals surface area contributed by atoms with E-state index in [1.54, 1.807) is 12.1 Å². The first-order chi connectivity index (χ1) is 9.69. The van der Waals surface area contributed by atoms with E-state index in [0.29, 0.717) is 16.7 Å². The summed E-state index contributed by atoms with van der Waals surface area (Å²) in [6.07, 6.45) is 4.15. The second-order valence-corrected chi connectivity index (χ2v) is 5.22. The highest BCUT2D eigenvalue weighted by Gasteiger charge is 2.17. The van der Waals surface area contributed by atoms with Crippen molar-refractivity contribution >= 4 is 11.6 Å². The summed E-state index contributed by atoms with van der Waals surface area (Å²) in [5, 5.41) is 10.4. The van der Waals surface area contributed by atoms with Gasteiger partial charge in [0.25, 0.3) is 0 Å². The number of rotatable bonds is 2. The van der Waals surface area contributed by atoms with Gasteiger partial charge in [0.05, 0.1) is 7.11 Å². The number of methoxy groups -OCH3 is 1. The van der Waals surface area contributed by atoms with Gasteiger partial charge in [-0.2, -0.15) is 0 Å². The topological polar surface area (TPSA) is 55.2 Å². The number of halogens is 1. The Labute approximate surface area is 122 Å². The molecule has 0 atom stereocenters. The van der Waals surface area contributed by atoms with Crippen LogP contribution in [0.5, 0.6) is 11.5 Å². The highest BCUT2D eigenvalue weighted by molar-refractivity contribution is 6.30. The first-order valence-corrected chi connectivity index (χ1v) is 6.99. The van der Waals surface area contributed by atoms with Crippen molar-refractivity contribution in [2.24, 2.45) is 0 Å². The molecule has 0 amide bonds. The molecule has 5 heteroatoms. The van der Waals surface area contributed by atoms with Gasteiger partial charge in [-0.15, -0.1) is 0 Å². The number of benzene rings is 1. The van der Waals surface area contributed by atoms with E-state index < -0.39 is 0 Å². The molecule has 1 N–H and O–H groups in total. The molecule has 1 aromatic heterocycles. The number of hydrogen-bond donors (Lipinski definition) is 1. The Morgan fingerprint density at radius 1 is 1.20 bits per heavy atom. The minimum atomic E-state index is 0.0717. The molecular formula is C15H15ClN2O2. The Kier molecular flexibility index (Phi) is 3.49. The third kappa shape index (κ3) is 2.31. The van der Waals surface area contributed by atoms with Crippen LogP contribution in [-0.4, -0.2) is 22.2 Å². The van der Waals surface area contributed by atoms with E-state index >= 15 is 0 Å². The fourth-order valence-corrected chi connectivity index (χ4v) is 2.79. The highest BCUT2D eigenvalue weighted by Crippen LogP contribution is 2.32. The molecule has 0 bridgehead atoms.